The van der Waals surface area contributed by atoms with Crippen molar-refractivity contribution in [1.29, 1.82) is 0 Å². The topological polar surface area (TPSA) is 96.6 Å². The number of fused-ring (bicyclic) bond motifs is 1. The summed E-state index contributed by atoms with van der Waals surface area (Å²) in [6, 6.07) is 9.58. The van der Waals surface area contributed by atoms with Crippen molar-refractivity contribution in [2.75, 3.05) is 5.32 Å². The number of carbonyl (C=O) groups is 1. The maximum absolute atomic E-state index is 13.5. The molecule has 2 unspecified atom stereocenters. The van der Waals surface area contributed by atoms with E-state index in [2.05, 4.69) is 26.9 Å². The summed E-state index contributed by atoms with van der Waals surface area (Å²) in [5.41, 5.74) is -0.260. The molecule has 0 aliphatic heterocycles. The monoisotopic (exact) mass is 631 g/mol. The molecule has 1 aromatic heterocycles. The first kappa shape index (κ1) is 30.4. The van der Waals surface area contributed by atoms with E-state index in [1.807, 2.05) is 0 Å². The second-order valence-electron chi connectivity index (χ2n) is 12.3. The highest BCUT2D eigenvalue weighted by molar-refractivity contribution is 6.31. The number of benzene rings is 2. The number of aryl methyl sites for hydroxylation is 1. The first-order valence-electron chi connectivity index (χ1n) is 14.3. The number of ether oxygens (including phenoxy) is 1. The van der Waals surface area contributed by atoms with Gasteiger partial charge in [-0.1, -0.05) is 35.6 Å². The molecular formula is C32H30ClF4N3O4. The zero-order chi connectivity index (χ0) is 31.4. The third-order valence-electron chi connectivity index (χ3n) is 9.07. The number of carbonyl (C=O) groups excluding carboxylic acids is 1. The van der Waals surface area contributed by atoms with Gasteiger partial charge in [0.15, 0.2) is 0 Å². The predicted octanol–water partition coefficient (Wildman–Crippen LogP) is 6.31. The lowest BCUT2D eigenvalue weighted by Crippen LogP contribution is -2.41. The van der Waals surface area contributed by atoms with Crippen LogP contribution in [-0.2, 0) is 7.05 Å². The summed E-state index contributed by atoms with van der Waals surface area (Å²) in [7, 11) is 1.74. The van der Waals surface area contributed by atoms with Crippen molar-refractivity contribution in [3.8, 4) is 17.6 Å². The Balaban J connectivity index is 1.05. The summed E-state index contributed by atoms with van der Waals surface area (Å²) in [5.74, 6) is 4.90. The molecule has 3 aliphatic rings. The summed E-state index contributed by atoms with van der Waals surface area (Å²) in [6.45, 7) is 0. The summed E-state index contributed by atoms with van der Waals surface area (Å²) in [5, 5.41) is 24.9. The first-order valence-corrected chi connectivity index (χ1v) is 14.7. The van der Waals surface area contributed by atoms with Crippen molar-refractivity contribution >= 4 is 23.2 Å². The number of halogens is 5. The zero-order valence-corrected chi connectivity index (χ0v) is 24.4. The van der Waals surface area contributed by atoms with Crippen LogP contribution in [0, 0.1) is 29.5 Å². The highest BCUT2D eigenvalue weighted by Crippen LogP contribution is 2.54. The molecule has 3 saturated carbocycles. The highest BCUT2D eigenvalue weighted by atomic mass is 35.5. The number of nitrogens with zero attached hydrogens (tertiary/aromatic N) is 2. The van der Waals surface area contributed by atoms with Crippen LogP contribution in [0.3, 0.4) is 0 Å². The lowest BCUT2D eigenvalue weighted by Gasteiger charge is -2.40. The van der Waals surface area contributed by atoms with Gasteiger partial charge in [0, 0.05) is 18.7 Å². The number of imidazole rings is 1. The molecule has 3 aliphatic carbocycles. The van der Waals surface area contributed by atoms with E-state index in [4.69, 9.17) is 11.6 Å². The normalized spacial score (nSPS) is 29.4. The van der Waals surface area contributed by atoms with Gasteiger partial charge in [-0.15, -0.1) is 13.2 Å². The molecule has 232 valence electrons. The van der Waals surface area contributed by atoms with Crippen LogP contribution >= 0.6 is 11.6 Å². The Bertz CT molecular complexity index is 1630. The molecule has 6 rings (SSSR count). The number of amides is 1. The SMILES string of the molecule is Cn1cnc(C2CC3CC(O)(C#CC4(O)CC(c5ccc(OC(F)(F)F)cc5)C4)CC3C2)c1C(=O)Nc1ccc(F)c(Cl)c1. The Morgan fingerprint density at radius 1 is 1.02 bits per heavy atom. The van der Waals surface area contributed by atoms with Gasteiger partial charge in [-0.25, -0.2) is 9.37 Å². The van der Waals surface area contributed by atoms with Gasteiger partial charge in [0.1, 0.15) is 28.5 Å². The van der Waals surface area contributed by atoms with Crippen LogP contribution in [0.2, 0.25) is 5.02 Å². The molecule has 2 atom stereocenters. The van der Waals surface area contributed by atoms with Crippen molar-refractivity contribution in [3.05, 3.63) is 76.6 Å². The zero-order valence-electron chi connectivity index (χ0n) is 23.7. The number of rotatable bonds is 5. The Labute approximate surface area is 256 Å². The van der Waals surface area contributed by atoms with E-state index in [0.29, 0.717) is 42.8 Å². The minimum absolute atomic E-state index is 0.0192. The molecule has 3 aromatic rings. The van der Waals surface area contributed by atoms with Crippen LogP contribution in [-0.4, -0.2) is 43.2 Å². The van der Waals surface area contributed by atoms with Crippen molar-refractivity contribution in [3.63, 3.8) is 0 Å². The van der Waals surface area contributed by atoms with E-state index in [1.165, 1.54) is 30.3 Å². The lowest BCUT2D eigenvalue weighted by atomic mass is 9.68. The van der Waals surface area contributed by atoms with E-state index >= 15 is 0 Å². The number of nitrogens with one attached hydrogen (secondary N) is 1. The largest absolute Gasteiger partial charge is 0.573 e. The Hall–Kier alpha value is -3.59. The molecule has 7 nitrogen and oxygen atoms in total. The van der Waals surface area contributed by atoms with Crippen LogP contribution in [0.4, 0.5) is 23.2 Å². The molecule has 44 heavy (non-hydrogen) atoms. The minimum Gasteiger partial charge on any atom is -0.406 e. The average molecular weight is 632 g/mol. The fourth-order valence-corrected chi connectivity index (χ4v) is 7.22. The highest BCUT2D eigenvalue weighted by Gasteiger charge is 2.50. The molecule has 12 heteroatoms. The Morgan fingerprint density at radius 3 is 2.23 bits per heavy atom. The lowest BCUT2D eigenvalue weighted by molar-refractivity contribution is -0.274. The molecule has 3 N–H and O–H groups in total. The van der Waals surface area contributed by atoms with Crippen molar-refractivity contribution < 1.29 is 37.3 Å². The van der Waals surface area contributed by atoms with Crippen LogP contribution in [0.15, 0.2) is 48.8 Å². The van der Waals surface area contributed by atoms with Crippen molar-refractivity contribution in [2.45, 2.75) is 67.9 Å². The third-order valence-corrected chi connectivity index (χ3v) is 9.36. The van der Waals surface area contributed by atoms with Gasteiger partial charge in [-0.3, -0.25) is 4.79 Å². The van der Waals surface area contributed by atoms with Gasteiger partial charge >= 0.3 is 6.36 Å². The molecule has 1 amide bonds. The summed E-state index contributed by atoms with van der Waals surface area (Å²) in [4.78, 5) is 17.7. The van der Waals surface area contributed by atoms with Gasteiger partial charge in [0.2, 0.25) is 0 Å². The second kappa shape index (κ2) is 11.1. The first-order chi connectivity index (χ1) is 20.7. The number of alkyl halides is 3. The molecule has 0 spiro atoms. The number of anilines is 1. The second-order valence-corrected chi connectivity index (χ2v) is 12.7. The van der Waals surface area contributed by atoms with Gasteiger partial charge in [0.25, 0.3) is 5.91 Å². The fourth-order valence-electron chi connectivity index (χ4n) is 7.04. The van der Waals surface area contributed by atoms with E-state index in [0.717, 1.165) is 18.4 Å². The summed E-state index contributed by atoms with van der Waals surface area (Å²) in [6.07, 6.45) is -0.169. The molecule has 2 aromatic carbocycles. The molecule has 3 fully saturated rings. The van der Waals surface area contributed by atoms with E-state index in [1.54, 1.807) is 30.1 Å². The molecule has 1 heterocycles. The maximum Gasteiger partial charge on any atom is 0.573 e. The van der Waals surface area contributed by atoms with E-state index < -0.39 is 23.4 Å². The minimum atomic E-state index is -4.76. The summed E-state index contributed by atoms with van der Waals surface area (Å²) >= 11 is 5.86. The standard InChI is InChI=1S/C32H30ClF4N3O4/c1-40-17-38-27(28(40)29(41)39-23-4-7-26(34)25(33)12-23)19-10-20-13-30(42,14-21(20)11-19)8-9-31(43)15-22(16-31)18-2-5-24(6-3-18)44-32(35,36)37/h2-7,12,17,19-22,42-43H,10-11,13-16H2,1H3,(H,39,41). The van der Waals surface area contributed by atoms with Crippen molar-refractivity contribution in [2.24, 2.45) is 18.9 Å². The van der Waals surface area contributed by atoms with Gasteiger partial charge < -0.3 is 24.8 Å². The number of hydrogen-bond acceptors (Lipinski definition) is 5. The molecule has 0 bridgehead atoms. The smallest absolute Gasteiger partial charge is 0.406 e. The fraction of sp³-hybridized carbons (Fsp3) is 0.438. The van der Waals surface area contributed by atoms with Gasteiger partial charge in [-0.05, 0) is 92.2 Å². The third kappa shape index (κ3) is 6.29. The van der Waals surface area contributed by atoms with Gasteiger partial charge in [0.05, 0.1) is 17.0 Å². The van der Waals surface area contributed by atoms with Crippen LogP contribution in [0.25, 0.3) is 0 Å². The maximum atomic E-state index is 13.5. The van der Waals surface area contributed by atoms with Crippen LogP contribution < -0.4 is 10.1 Å². The van der Waals surface area contributed by atoms with Crippen LogP contribution in [0.1, 0.15) is 72.1 Å². The van der Waals surface area contributed by atoms with Gasteiger partial charge in [-0.2, -0.15) is 0 Å². The summed E-state index contributed by atoms with van der Waals surface area (Å²) < 4.78 is 56.3. The van der Waals surface area contributed by atoms with Crippen LogP contribution in [0.5, 0.6) is 5.75 Å². The molecular weight excluding hydrogens is 602 g/mol. The Kier molecular flexibility index (Phi) is 7.67. The van der Waals surface area contributed by atoms with E-state index in [9.17, 15) is 32.6 Å². The predicted molar refractivity (Wildman–Crippen MR) is 154 cm³/mol. The average Bonchev–Trinajstić information content (AvgIpc) is 3.58. The number of hydrogen-bond donors (Lipinski definition) is 3. The number of aliphatic hydroxyl groups is 2. The molecule has 0 saturated heterocycles. The molecule has 0 radical (unpaired) electrons. The number of aromatic nitrogens is 2. The van der Waals surface area contributed by atoms with E-state index in [-0.39, 0.29) is 40.4 Å². The Morgan fingerprint density at radius 2 is 1.64 bits per heavy atom. The van der Waals surface area contributed by atoms with Crippen molar-refractivity contribution in [1.82, 2.24) is 9.55 Å². The quantitative estimate of drug-likeness (QED) is 0.227.